The van der Waals surface area contributed by atoms with E-state index >= 15 is 0 Å². The number of aryl methyl sites for hydroxylation is 1. The van der Waals surface area contributed by atoms with Crippen molar-refractivity contribution in [3.63, 3.8) is 0 Å². The van der Waals surface area contributed by atoms with E-state index in [1.165, 1.54) is 5.56 Å². The quantitative estimate of drug-likeness (QED) is 0.882. The molecular formula is C21H22ClN3O2. The van der Waals surface area contributed by atoms with Gasteiger partial charge in [-0.1, -0.05) is 59.6 Å². The van der Waals surface area contributed by atoms with Crippen LogP contribution in [-0.4, -0.2) is 35.5 Å². The number of likely N-dealkylation sites (tertiary alicyclic amines) is 1. The Hall–Kier alpha value is -2.37. The second-order valence-corrected chi connectivity index (χ2v) is 7.53. The molecule has 0 atom stereocenters. The molecule has 0 bridgehead atoms. The van der Waals surface area contributed by atoms with E-state index in [4.69, 9.17) is 21.4 Å². The first-order chi connectivity index (χ1) is 13.0. The molecule has 6 heteroatoms. The maximum Gasteiger partial charge on any atom is 0.227 e. The van der Waals surface area contributed by atoms with Crippen molar-refractivity contribution < 1.29 is 9.63 Å². The van der Waals surface area contributed by atoms with Gasteiger partial charge in [-0.25, -0.2) is 15.3 Å². The van der Waals surface area contributed by atoms with E-state index in [0.29, 0.717) is 37.4 Å². The van der Waals surface area contributed by atoms with Crippen molar-refractivity contribution in [3.05, 3.63) is 70.2 Å². The van der Waals surface area contributed by atoms with Crippen molar-refractivity contribution in [1.82, 2.24) is 10.4 Å². The molecule has 2 aromatic rings. The van der Waals surface area contributed by atoms with Crippen molar-refractivity contribution in [2.45, 2.75) is 31.9 Å². The van der Waals surface area contributed by atoms with Crippen LogP contribution in [0, 0.1) is 6.92 Å². The van der Waals surface area contributed by atoms with E-state index in [1.807, 2.05) is 41.3 Å². The van der Waals surface area contributed by atoms with Gasteiger partial charge in [0.15, 0.2) is 11.6 Å². The fourth-order valence-electron chi connectivity index (χ4n) is 3.46. The molecule has 0 aliphatic carbocycles. The average Bonchev–Trinajstić information content (AvgIpc) is 3.08. The highest BCUT2D eigenvalue weighted by molar-refractivity contribution is 6.31. The zero-order valence-electron chi connectivity index (χ0n) is 15.2. The van der Waals surface area contributed by atoms with Gasteiger partial charge in [0.2, 0.25) is 5.91 Å². The molecule has 2 aliphatic rings. The number of carbonyl (C=O) groups excluding carboxylic acids is 1. The zero-order valence-corrected chi connectivity index (χ0v) is 16.0. The standard InChI is InChI=1S/C21H22ClN3O2/c1-15-6-8-16(9-7-15)20-23-21(27-24-20)10-12-25(13-11-21)19(26)14-17-4-2-3-5-18(17)22/h2-9H,10-14H2,1H3,(H,23,24). The average molecular weight is 384 g/mol. The van der Waals surface area contributed by atoms with Crippen LogP contribution in [0.4, 0.5) is 0 Å². The molecule has 140 valence electrons. The Morgan fingerprint density at radius 2 is 1.89 bits per heavy atom. The molecule has 0 radical (unpaired) electrons. The number of aliphatic imine (C=N–C) groups is 1. The molecule has 2 aliphatic heterocycles. The van der Waals surface area contributed by atoms with Crippen LogP contribution in [0.25, 0.3) is 0 Å². The van der Waals surface area contributed by atoms with Crippen LogP contribution in [0.3, 0.4) is 0 Å². The Bertz CT molecular complexity index is 871. The Morgan fingerprint density at radius 3 is 2.59 bits per heavy atom. The Morgan fingerprint density at radius 1 is 1.19 bits per heavy atom. The van der Waals surface area contributed by atoms with Gasteiger partial charge in [0.25, 0.3) is 0 Å². The number of benzene rings is 2. The summed E-state index contributed by atoms with van der Waals surface area (Å²) in [6.07, 6.45) is 1.66. The molecule has 5 nitrogen and oxygen atoms in total. The highest BCUT2D eigenvalue weighted by atomic mass is 35.5. The topological polar surface area (TPSA) is 53.9 Å². The number of rotatable bonds is 3. The lowest BCUT2D eigenvalue weighted by Gasteiger charge is -2.35. The molecule has 1 amide bonds. The summed E-state index contributed by atoms with van der Waals surface area (Å²) in [5.74, 6) is 0.845. The molecule has 1 spiro atoms. The van der Waals surface area contributed by atoms with Gasteiger partial charge in [-0.2, -0.15) is 0 Å². The van der Waals surface area contributed by atoms with E-state index in [0.717, 1.165) is 17.0 Å². The number of hydroxylamine groups is 1. The molecule has 0 unspecified atom stereocenters. The van der Waals surface area contributed by atoms with E-state index in [2.05, 4.69) is 24.5 Å². The van der Waals surface area contributed by atoms with Crippen LogP contribution in [0.1, 0.15) is 29.5 Å². The minimum absolute atomic E-state index is 0.0895. The van der Waals surface area contributed by atoms with E-state index < -0.39 is 5.72 Å². The van der Waals surface area contributed by atoms with Crippen molar-refractivity contribution >= 4 is 23.3 Å². The van der Waals surface area contributed by atoms with Gasteiger partial charge in [0.1, 0.15) is 0 Å². The van der Waals surface area contributed by atoms with Crippen molar-refractivity contribution in [2.75, 3.05) is 13.1 Å². The van der Waals surface area contributed by atoms with Crippen LogP contribution in [0.5, 0.6) is 0 Å². The number of amides is 1. The monoisotopic (exact) mass is 383 g/mol. The Balaban J connectivity index is 1.39. The number of nitrogens with zero attached hydrogens (tertiary/aromatic N) is 2. The number of amidine groups is 1. The summed E-state index contributed by atoms with van der Waals surface area (Å²) in [4.78, 5) is 25.1. The second kappa shape index (κ2) is 7.33. The Labute approximate surface area is 163 Å². The molecular weight excluding hydrogens is 362 g/mol. The summed E-state index contributed by atoms with van der Waals surface area (Å²) < 4.78 is 0. The van der Waals surface area contributed by atoms with Crippen molar-refractivity contribution in [1.29, 1.82) is 0 Å². The summed E-state index contributed by atoms with van der Waals surface area (Å²) in [6.45, 7) is 3.30. The predicted molar refractivity (Wildman–Crippen MR) is 106 cm³/mol. The van der Waals surface area contributed by atoms with Crippen LogP contribution < -0.4 is 5.48 Å². The summed E-state index contributed by atoms with van der Waals surface area (Å²) in [7, 11) is 0. The number of nitrogens with one attached hydrogen (secondary N) is 1. The fourth-order valence-corrected chi connectivity index (χ4v) is 3.67. The number of hydrogen-bond acceptors (Lipinski definition) is 4. The second-order valence-electron chi connectivity index (χ2n) is 7.13. The van der Waals surface area contributed by atoms with E-state index in [1.54, 1.807) is 0 Å². The summed E-state index contributed by atoms with van der Waals surface area (Å²) in [5.41, 5.74) is 5.47. The third-order valence-corrected chi connectivity index (χ3v) is 5.54. The number of carbonyl (C=O) groups is 1. The van der Waals surface area contributed by atoms with Crippen LogP contribution in [0.2, 0.25) is 5.02 Å². The number of piperidine rings is 1. The van der Waals surface area contributed by atoms with Crippen LogP contribution in [0.15, 0.2) is 53.5 Å². The zero-order chi connectivity index (χ0) is 18.9. The lowest BCUT2D eigenvalue weighted by Crippen LogP contribution is -2.47. The lowest BCUT2D eigenvalue weighted by molar-refractivity contribution is -0.138. The number of halogens is 1. The van der Waals surface area contributed by atoms with Gasteiger partial charge < -0.3 is 4.90 Å². The maximum atomic E-state index is 12.6. The summed E-state index contributed by atoms with van der Waals surface area (Å²) in [6, 6.07) is 15.7. The lowest BCUT2D eigenvalue weighted by atomic mass is 10.00. The first-order valence-corrected chi connectivity index (χ1v) is 9.55. The Kier molecular flexibility index (Phi) is 4.89. The van der Waals surface area contributed by atoms with E-state index in [-0.39, 0.29) is 5.91 Å². The molecule has 1 fully saturated rings. The van der Waals surface area contributed by atoms with Crippen LogP contribution in [-0.2, 0) is 16.1 Å². The molecule has 2 aromatic carbocycles. The van der Waals surface area contributed by atoms with E-state index in [9.17, 15) is 4.79 Å². The molecule has 1 N–H and O–H groups in total. The third-order valence-electron chi connectivity index (χ3n) is 5.18. The van der Waals surface area contributed by atoms with Gasteiger partial charge in [-0.05, 0) is 18.6 Å². The minimum Gasteiger partial charge on any atom is -0.342 e. The van der Waals surface area contributed by atoms with Crippen molar-refractivity contribution in [2.24, 2.45) is 4.99 Å². The predicted octanol–water partition coefficient (Wildman–Crippen LogP) is 3.49. The molecule has 0 aromatic heterocycles. The molecule has 4 rings (SSSR count). The molecule has 27 heavy (non-hydrogen) atoms. The first-order valence-electron chi connectivity index (χ1n) is 9.17. The summed E-state index contributed by atoms with van der Waals surface area (Å²) in [5, 5.41) is 0.634. The largest absolute Gasteiger partial charge is 0.342 e. The molecule has 1 saturated heterocycles. The van der Waals surface area contributed by atoms with Gasteiger partial charge in [-0.3, -0.25) is 4.79 Å². The fraction of sp³-hybridized carbons (Fsp3) is 0.333. The minimum atomic E-state index is -0.582. The number of hydrogen-bond donors (Lipinski definition) is 1. The maximum absolute atomic E-state index is 12.6. The van der Waals surface area contributed by atoms with Gasteiger partial charge in [-0.15, -0.1) is 0 Å². The molecule has 2 heterocycles. The normalized spacial score (nSPS) is 18.3. The van der Waals surface area contributed by atoms with Gasteiger partial charge in [0.05, 0.1) is 6.42 Å². The van der Waals surface area contributed by atoms with Crippen LogP contribution >= 0.6 is 11.6 Å². The smallest absolute Gasteiger partial charge is 0.227 e. The summed E-state index contributed by atoms with van der Waals surface area (Å²) >= 11 is 6.17. The molecule has 0 saturated carbocycles. The van der Waals surface area contributed by atoms with Gasteiger partial charge in [0, 0.05) is 36.5 Å². The highest BCUT2D eigenvalue weighted by Gasteiger charge is 2.41. The third kappa shape index (κ3) is 3.84. The SMILES string of the molecule is Cc1ccc(C2=NC3(CCN(C(=O)Cc4ccccc4Cl)CC3)ON2)cc1. The van der Waals surface area contributed by atoms with Gasteiger partial charge >= 0.3 is 0 Å². The first kappa shape index (κ1) is 18.0. The van der Waals surface area contributed by atoms with Crippen molar-refractivity contribution in [3.8, 4) is 0 Å². The highest BCUT2D eigenvalue weighted by Crippen LogP contribution is 2.31.